The first-order valence-corrected chi connectivity index (χ1v) is 11.0. The van der Waals surface area contributed by atoms with Crippen LogP contribution in [-0.2, 0) is 12.0 Å². The highest BCUT2D eigenvalue weighted by molar-refractivity contribution is 5.94. The van der Waals surface area contributed by atoms with Gasteiger partial charge in [-0.15, -0.1) is 0 Å². The molecule has 0 aromatic heterocycles. The maximum atomic E-state index is 12.4. The molecule has 5 heteroatoms. The zero-order valence-electron chi connectivity index (χ0n) is 18.1. The highest BCUT2D eigenvalue weighted by Gasteiger charge is 2.35. The molecule has 3 amide bonds. The average Bonchev–Trinajstić information content (AvgIpc) is 3.28. The minimum absolute atomic E-state index is 0.0417. The summed E-state index contributed by atoms with van der Waals surface area (Å²) in [6.45, 7) is 6.44. The van der Waals surface area contributed by atoms with E-state index < -0.39 is 0 Å². The predicted molar refractivity (Wildman–Crippen MR) is 121 cm³/mol. The van der Waals surface area contributed by atoms with Crippen LogP contribution in [0.25, 0.3) is 0 Å². The van der Waals surface area contributed by atoms with Gasteiger partial charge in [0.25, 0.3) is 5.91 Å². The van der Waals surface area contributed by atoms with Gasteiger partial charge in [0.15, 0.2) is 0 Å². The number of hydrogen-bond donors (Lipinski definition) is 2. The Morgan fingerprint density at radius 3 is 2.13 bits per heavy atom. The van der Waals surface area contributed by atoms with Crippen molar-refractivity contribution in [2.24, 2.45) is 0 Å². The first-order chi connectivity index (χ1) is 14.6. The van der Waals surface area contributed by atoms with Crippen molar-refractivity contribution in [3.8, 4) is 0 Å². The minimum atomic E-state index is -0.152. The fraction of sp³-hybridized carbons (Fsp3) is 0.440. The number of carbonyl (C=O) groups is 2. The summed E-state index contributed by atoms with van der Waals surface area (Å²) in [6, 6.07) is 17.8. The van der Waals surface area contributed by atoms with E-state index in [0.717, 1.165) is 18.4 Å². The average molecular weight is 408 g/mol. The molecule has 0 radical (unpaired) electrons. The van der Waals surface area contributed by atoms with Crippen LogP contribution in [0.3, 0.4) is 0 Å². The summed E-state index contributed by atoms with van der Waals surface area (Å²) >= 11 is 0. The zero-order chi connectivity index (χ0) is 21.4. The SMILES string of the molecule is CCN(CC)C(=O)c1ccc(CNC(=O)NCC2(c3ccccc3)CCCC2)cc1. The summed E-state index contributed by atoms with van der Waals surface area (Å²) in [5, 5.41) is 6.02. The molecular formula is C25H33N3O2. The molecule has 3 rings (SSSR count). The van der Waals surface area contributed by atoms with Crippen molar-refractivity contribution < 1.29 is 9.59 Å². The Labute approximate surface area is 179 Å². The third kappa shape index (κ3) is 5.21. The van der Waals surface area contributed by atoms with Gasteiger partial charge in [-0.25, -0.2) is 4.79 Å². The molecule has 0 saturated heterocycles. The molecule has 0 bridgehead atoms. The maximum Gasteiger partial charge on any atom is 0.315 e. The molecule has 30 heavy (non-hydrogen) atoms. The van der Waals surface area contributed by atoms with Crippen LogP contribution in [0.15, 0.2) is 54.6 Å². The van der Waals surface area contributed by atoms with Crippen molar-refractivity contribution in [2.45, 2.75) is 51.5 Å². The molecule has 0 spiro atoms. The summed E-state index contributed by atoms with van der Waals surface area (Å²) in [5.41, 5.74) is 3.01. The van der Waals surface area contributed by atoms with E-state index in [1.165, 1.54) is 18.4 Å². The molecule has 1 saturated carbocycles. The molecule has 2 N–H and O–H groups in total. The van der Waals surface area contributed by atoms with Crippen LogP contribution in [0.1, 0.15) is 61.0 Å². The van der Waals surface area contributed by atoms with Crippen LogP contribution in [0.4, 0.5) is 4.79 Å². The van der Waals surface area contributed by atoms with E-state index in [1.54, 1.807) is 4.90 Å². The van der Waals surface area contributed by atoms with Gasteiger partial charge in [0.05, 0.1) is 0 Å². The highest BCUT2D eigenvalue weighted by atomic mass is 16.2. The minimum Gasteiger partial charge on any atom is -0.339 e. The first kappa shape index (κ1) is 21.9. The molecule has 1 fully saturated rings. The fourth-order valence-corrected chi connectivity index (χ4v) is 4.36. The Balaban J connectivity index is 1.51. The third-order valence-corrected chi connectivity index (χ3v) is 6.24. The van der Waals surface area contributed by atoms with Crippen LogP contribution < -0.4 is 10.6 Å². The molecule has 0 heterocycles. The summed E-state index contributed by atoms with van der Waals surface area (Å²) < 4.78 is 0. The Bertz CT molecular complexity index is 823. The molecular weight excluding hydrogens is 374 g/mol. The lowest BCUT2D eigenvalue weighted by molar-refractivity contribution is 0.0773. The Hall–Kier alpha value is -2.82. The molecule has 1 aliphatic rings. The Morgan fingerprint density at radius 2 is 1.53 bits per heavy atom. The van der Waals surface area contributed by atoms with E-state index in [2.05, 4.69) is 34.9 Å². The van der Waals surface area contributed by atoms with Crippen molar-refractivity contribution in [3.63, 3.8) is 0 Å². The van der Waals surface area contributed by atoms with Crippen molar-refractivity contribution in [2.75, 3.05) is 19.6 Å². The number of amides is 3. The summed E-state index contributed by atoms with van der Waals surface area (Å²) in [7, 11) is 0. The van der Waals surface area contributed by atoms with Gasteiger partial charge in [-0.1, -0.05) is 55.3 Å². The smallest absolute Gasteiger partial charge is 0.315 e. The maximum absolute atomic E-state index is 12.4. The lowest BCUT2D eigenvalue weighted by atomic mass is 9.79. The van der Waals surface area contributed by atoms with E-state index in [4.69, 9.17) is 0 Å². The van der Waals surface area contributed by atoms with Gasteiger partial charge in [-0.2, -0.15) is 0 Å². The Morgan fingerprint density at radius 1 is 0.900 bits per heavy atom. The Kier molecular flexibility index (Phi) is 7.50. The molecule has 0 atom stereocenters. The van der Waals surface area contributed by atoms with Gasteiger partial charge in [-0.05, 0) is 49.9 Å². The molecule has 5 nitrogen and oxygen atoms in total. The molecule has 0 unspecified atom stereocenters. The number of urea groups is 1. The second kappa shape index (κ2) is 10.3. The van der Waals surface area contributed by atoms with E-state index in [1.807, 2.05) is 44.2 Å². The van der Waals surface area contributed by atoms with Gasteiger partial charge in [0, 0.05) is 37.2 Å². The topological polar surface area (TPSA) is 61.4 Å². The second-order valence-corrected chi connectivity index (χ2v) is 8.06. The number of carbonyl (C=O) groups excluding carboxylic acids is 2. The normalized spacial score (nSPS) is 14.9. The number of nitrogens with zero attached hydrogens (tertiary/aromatic N) is 1. The number of rotatable bonds is 8. The van der Waals surface area contributed by atoms with Crippen molar-refractivity contribution in [1.29, 1.82) is 0 Å². The third-order valence-electron chi connectivity index (χ3n) is 6.24. The second-order valence-electron chi connectivity index (χ2n) is 8.06. The van der Waals surface area contributed by atoms with Gasteiger partial charge in [0.2, 0.25) is 0 Å². The van der Waals surface area contributed by atoms with E-state index in [9.17, 15) is 9.59 Å². The number of benzene rings is 2. The van der Waals surface area contributed by atoms with Crippen LogP contribution >= 0.6 is 0 Å². The molecule has 160 valence electrons. The van der Waals surface area contributed by atoms with Crippen LogP contribution in [-0.4, -0.2) is 36.5 Å². The zero-order valence-corrected chi connectivity index (χ0v) is 18.1. The quantitative estimate of drug-likeness (QED) is 0.678. The molecule has 2 aromatic rings. The van der Waals surface area contributed by atoms with Gasteiger partial charge in [0.1, 0.15) is 0 Å². The highest BCUT2D eigenvalue weighted by Crippen LogP contribution is 2.40. The standard InChI is InChI=1S/C25H33N3O2/c1-3-28(4-2)23(29)21-14-12-20(13-15-21)18-26-24(30)27-19-25(16-8-9-17-25)22-10-6-5-7-11-22/h5-7,10-15H,3-4,8-9,16-19H2,1-2H3,(H2,26,27,30). The first-order valence-electron chi connectivity index (χ1n) is 11.0. The van der Waals surface area contributed by atoms with Gasteiger partial charge in [-0.3, -0.25) is 4.79 Å². The van der Waals surface area contributed by atoms with Gasteiger partial charge >= 0.3 is 6.03 Å². The fourth-order valence-electron chi connectivity index (χ4n) is 4.36. The van der Waals surface area contributed by atoms with Crippen molar-refractivity contribution >= 4 is 11.9 Å². The van der Waals surface area contributed by atoms with Crippen molar-refractivity contribution in [3.05, 3.63) is 71.3 Å². The van der Waals surface area contributed by atoms with E-state index in [-0.39, 0.29) is 17.4 Å². The summed E-state index contributed by atoms with van der Waals surface area (Å²) in [6.07, 6.45) is 4.63. The summed E-state index contributed by atoms with van der Waals surface area (Å²) in [5.74, 6) is 0.0417. The van der Waals surface area contributed by atoms with Crippen LogP contribution in [0.5, 0.6) is 0 Å². The monoisotopic (exact) mass is 407 g/mol. The van der Waals surface area contributed by atoms with E-state index >= 15 is 0 Å². The van der Waals surface area contributed by atoms with Crippen molar-refractivity contribution in [1.82, 2.24) is 15.5 Å². The lowest BCUT2D eigenvalue weighted by Gasteiger charge is -2.30. The number of hydrogen-bond acceptors (Lipinski definition) is 2. The largest absolute Gasteiger partial charge is 0.339 e. The molecule has 1 aliphatic carbocycles. The van der Waals surface area contributed by atoms with Crippen LogP contribution in [0.2, 0.25) is 0 Å². The predicted octanol–water partition coefficient (Wildman–Crippen LogP) is 4.48. The van der Waals surface area contributed by atoms with Crippen LogP contribution in [0, 0.1) is 0 Å². The molecule has 0 aliphatic heterocycles. The molecule has 2 aromatic carbocycles. The van der Waals surface area contributed by atoms with E-state index in [0.29, 0.717) is 31.7 Å². The number of nitrogens with one attached hydrogen (secondary N) is 2. The van der Waals surface area contributed by atoms with Gasteiger partial charge < -0.3 is 15.5 Å². The lowest BCUT2D eigenvalue weighted by Crippen LogP contribution is -2.43. The summed E-state index contributed by atoms with van der Waals surface area (Å²) in [4.78, 5) is 26.6.